The maximum Gasteiger partial charge on any atom is 0.354 e. The van der Waals surface area contributed by atoms with Crippen LogP contribution < -0.4 is 9.64 Å². The summed E-state index contributed by atoms with van der Waals surface area (Å²) in [5.41, 5.74) is 10.4. The van der Waals surface area contributed by atoms with E-state index in [2.05, 4.69) is 11.5 Å². The van der Waals surface area contributed by atoms with Gasteiger partial charge in [0, 0.05) is 72.6 Å². The summed E-state index contributed by atoms with van der Waals surface area (Å²) in [6.07, 6.45) is 1.61. The fraction of sp³-hybridized carbons (Fsp3) is 0.364. The summed E-state index contributed by atoms with van der Waals surface area (Å²) in [6, 6.07) is 13.3. The van der Waals surface area contributed by atoms with Crippen molar-refractivity contribution < 1.29 is 28.6 Å². The van der Waals surface area contributed by atoms with Crippen molar-refractivity contribution in [3.63, 3.8) is 0 Å². The van der Waals surface area contributed by atoms with Crippen LogP contribution in [0.2, 0.25) is 10.0 Å². The molecule has 0 fully saturated rings. The molecule has 1 aliphatic heterocycles. The molecular formula is C44H47Cl2N5O6. The number of amides is 1. The molecule has 0 spiro atoms. The summed E-state index contributed by atoms with van der Waals surface area (Å²) in [6.45, 7) is 12.4. The molecule has 298 valence electrons. The lowest BCUT2D eigenvalue weighted by Gasteiger charge is -2.35. The highest BCUT2D eigenvalue weighted by atomic mass is 35.5. The summed E-state index contributed by atoms with van der Waals surface area (Å²) in [5, 5.41) is 7.74. The summed E-state index contributed by atoms with van der Waals surface area (Å²) >= 11 is 13.6. The van der Waals surface area contributed by atoms with Crippen molar-refractivity contribution in [3.05, 3.63) is 97.5 Å². The Bertz CT molecular complexity index is 2590. The molecule has 0 unspecified atom stereocenters. The molecule has 1 atom stereocenters. The Morgan fingerprint density at radius 3 is 2.30 bits per heavy atom. The zero-order chi connectivity index (χ0) is 41.0. The Labute approximate surface area is 342 Å². The Morgan fingerprint density at radius 2 is 1.65 bits per heavy atom. The Balaban J connectivity index is 1.39. The first-order valence-electron chi connectivity index (χ1n) is 19.0. The molecule has 4 heterocycles. The first kappa shape index (κ1) is 40.0. The van der Waals surface area contributed by atoms with E-state index in [9.17, 15) is 9.59 Å². The van der Waals surface area contributed by atoms with Gasteiger partial charge in [-0.25, -0.2) is 4.79 Å². The van der Waals surface area contributed by atoms with Crippen molar-refractivity contribution in [2.75, 3.05) is 31.8 Å². The average Bonchev–Trinajstić information content (AvgIpc) is 3.77. The number of esters is 2. The lowest BCUT2D eigenvalue weighted by atomic mass is 9.98. The van der Waals surface area contributed by atoms with Crippen LogP contribution >= 0.6 is 23.2 Å². The molecule has 11 nitrogen and oxygen atoms in total. The number of fused-ring (bicyclic) bond motifs is 4. The smallest absolute Gasteiger partial charge is 0.354 e. The van der Waals surface area contributed by atoms with Crippen LogP contribution in [0, 0.1) is 27.7 Å². The van der Waals surface area contributed by atoms with Crippen LogP contribution in [0.3, 0.4) is 0 Å². The normalized spacial score (nSPS) is 14.1. The summed E-state index contributed by atoms with van der Waals surface area (Å²) in [4.78, 5) is 41.8. The molecule has 0 N–H and O–H groups in total. The number of nitrogens with zero attached hydrogens (tertiary/aromatic N) is 5. The molecule has 0 saturated heterocycles. The lowest BCUT2D eigenvalue weighted by Crippen LogP contribution is -2.43. The summed E-state index contributed by atoms with van der Waals surface area (Å²) in [5.74, 6) is -0.287. The zero-order valence-electron chi connectivity index (χ0n) is 33.8. The number of rotatable bonds is 11. The molecule has 0 bridgehead atoms. The maximum absolute atomic E-state index is 15.4. The number of ether oxygens (including phenoxy) is 3. The number of halogens is 2. The monoisotopic (exact) mass is 811 g/mol. The molecule has 3 aromatic carbocycles. The van der Waals surface area contributed by atoms with E-state index in [-0.39, 0.29) is 24.5 Å². The van der Waals surface area contributed by atoms with E-state index in [4.69, 9.17) is 42.5 Å². The summed E-state index contributed by atoms with van der Waals surface area (Å²) in [7, 11) is 5.07. The van der Waals surface area contributed by atoms with Gasteiger partial charge in [-0.15, -0.1) is 0 Å². The second-order valence-electron chi connectivity index (χ2n) is 15.0. The van der Waals surface area contributed by atoms with Gasteiger partial charge in [0.2, 0.25) is 0 Å². The molecule has 0 radical (unpaired) electrons. The van der Waals surface area contributed by atoms with Crippen LogP contribution in [0.5, 0.6) is 5.75 Å². The van der Waals surface area contributed by atoms with E-state index in [1.165, 1.54) is 14.0 Å². The fourth-order valence-electron chi connectivity index (χ4n) is 8.44. The largest absolute Gasteiger partial charge is 0.494 e. The molecule has 6 aromatic rings. The predicted molar refractivity (Wildman–Crippen MR) is 224 cm³/mol. The number of hydrogen-bond donors (Lipinski definition) is 0. The van der Waals surface area contributed by atoms with E-state index < -0.39 is 5.97 Å². The van der Waals surface area contributed by atoms with Crippen molar-refractivity contribution >= 4 is 68.5 Å². The molecule has 0 saturated carbocycles. The van der Waals surface area contributed by atoms with Crippen molar-refractivity contribution in [3.8, 4) is 16.9 Å². The average molecular weight is 813 g/mol. The second kappa shape index (κ2) is 15.6. The Kier molecular flexibility index (Phi) is 10.9. The van der Waals surface area contributed by atoms with Gasteiger partial charge < -0.3 is 28.2 Å². The Hall–Kier alpha value is -5.26. The summed E-state index contributed by atoms with van der Waals surface area (Å²) < 4.78 is 22.5. The Morgan fingerprint density at radius 1 is 0.930 bits per heavy atom. The number of anilines is 1. The van der Waals surface area contributed by atoms with Crippen LogP contribution in [0.25, 0.3) is 32.9 Å². The van der Waals surface area contributed by atoms with Gasteiger partial charge in [-0.1, -0.05) is 29.3 Å². The topological polar surface area (TPSA) is 110 Å². The number of carbonyl (C=O) groups is 3. The number of carbonyl (C=O) groups excluding carboxylic acids is 3. The number of aromatic nitrogens is 4. The van der Waals surface area contributed by atoms with Gasteiger partial charge in [0.15, 0.2) is 0 Å². The highest BCUT2D eigenvalue weighted by Gasteiger charge is 2.38. The second-order valence-corrected chi connectivity index (χ2v) is 15.8. The van der Waals surface area contributed by atoms with E-state index in [1.54, 1.807) is 17.7 Å². The van der Waals surface area contributed by atoms with Gasteiger partial charge in [-0.05, 0) is 106 Å². The van der Waals surface area contributed by atoms with Crippen LogP contribution in [-0.4, -0.2) is 63.6 Å². The van der Waals surface area contributed by atoms with E-state index in [0.717, 1.165) is 71.8 Å². The number of hydrogen-bond acceptors (Lipinski definition) is 7. The number of methoxy groups -OCH3 is 1. The third kappa shape index (κ3) is 7.05. The lowest BCUT2D eigenvalue weighted by molar-refractivity contribution is -0.140. The van der Waals surface area contributed by atoms with Crippen LogP contribution in [-0.2, 0) is 41.2 Å². The van der Waals surface area contributed by atoms with Crippen molar-refractivity contribution in [2.24, 2.45) is 14.1 Å². The van der Waals surface area contributed by atoms with Gasteiger partial charge in [0.25, 0.3) is 5.91 Å². The first-order chi connectivity index (χ1) is 27.1. The molecule has 3 aromatic heterocycles. The van der Waals surface area contributed by atoms with E-state index in [1.807, 2.05) is 80.7 Å². The first-order valence-corrected chi connectivity index (χ1v) is 19.8. The van der Waals surface area contributed by atoms with Gasteiger partial charge >= 0.3 is 11.9 Å². The standard InChI is InChI=1S/C44H47Cl2N5O6/c1-23-17-31(18-24(2)39(23)46)57-15-10-11-32-33-12-13-34(45)38(37-26(4)47-49(8)27(37)5)41(33)51-25(3)22-50(43(53)42(32)51)35-20-29(14-16-56-28(6)52)19-30-21-36(44(54)55-9)48(7)40(30)35/h12-13,17-21,25H,10-11,14-16,22H2,1-9H3/t25-/m1/s1. The minimum atomic E-state index is -0.488. The van der Waals surface area contributed by atoms with Gasteiger partial charge in [-0.3, -0.25) is 14.3 Å². The van der Waals surface area contributed by atoms with Crippen molar-refractivity contribution in [1.29, 1.82) is 0 Å². The predicted octanol–water partition coefficient (Wildman–Crippen LogP) is 9.20. The quantitative estimate of drug-likeness (QED) is 0.0948. The minimum Gasteiger partial charge on any atom is -0.494 e. The fourth-order valence-corrected chi connectivity index (χ4v) is 8.80. The third-order valence-corrected chi connectivity index (χ3v) is 12.0. The molecule has 1 amide bonds. The molecule has 0 aliphatic carbocycles. The van der Waals surface area contributed by atoms with Gasteiger partial charge in [-0.2, -0.15) is 5.10 Å². The third-order valence-electron chi connectivity index (χ3n) is 11.1. The number of aryl methyl sites for hydroxylation is 6. The van der Waals surface area contributed by atoms with Gasteiger partial charge in [0.1, 0.15) is 17.1 Å². The SMILES string of the molecule is COC(=O)c1cc2cc(CCOC(C)=O)cc(N3C[C@@H](C)n4c(c(CCCOc5cc(C)c(Cl)c(C)c5)c5ccc(Cl)c(-c6c(C)nn(C)c6C)c54)C3=O)c2n1C. The van der Waals surface area contributed by atoms with Crippen molar-refractivity contribution in [2.45, 2.75) is 66.8 Å². The minimum absolute atomic E-state index is 0.174. The molecular weight excluding hydrogens is 765 g/mol. The number of benzene rings is 3. The van der Waals surface area contributed by atoms with Crippen molar-refractivity contribution in [1.82, 2.24) is 18.9 Å². The van der Waals surface area contributed by atoms with E-state index in [0.29, 0.717) is 60.0 Å². The maximum atomic E-state index is 15.4. The molecule has 57 heavy (non-hydrogen) atoms. The van der Waals surface area contributed by atoms with Crippen LogP contribution in [0.15, 0.2) is 42.5 Å². The van der Waals surface area contributed by atoms with Crippen LogP contribution in [0.1, 0.15) is 80.9 Å². The highest BCUT2D eigenvalue weighted by Crippen LogP contribution is 2.46. The zero-order valence-corrected chi connectivity index (χ0v) is 35.3. The molecule has 7 rings (SSSR count). The van der Waals surface area contributed by atoms with E-state index >= 15 is 4.79 Å². The van der Waals surface area contributed by atoms with Gasteiger partial charge in [0.05, 0.1) is 47.8 Å². The van der Waals surface area contributed by atoms with Crippen LogP contribution in [0.4, 0.5) is 5.69 Å². The molecule has 1 aliphatic rings. The highest BCUT2D eigenvalue weighted by molar-refractivity contribution is 6.35. The molecule has 13 heteroatoms.